The maximum absolute atomic E-state index is 13.7. The summed E-state index contributed by atoms with van der Waals surface area (Å²) in [6.45, 7) is 2.13. The molecule has 6 nitrogen and oxygen atoms in total. The molecule has 0 atom stereocenters. The number of rotatable bonds is 5. The van der Waals surface area contributed by atoms with Gasteiger partial charge >= 0.3 is 0 Å². The molecule has 2 aromatic heterocycles. The largest absolute Gasteiger partial charge is 0.496 e. The normalized spacial score (nSPS) is 17.0. The van der Waals surface area contributed by atoms with Crippen LogP contribution in [0.3, 0.4) is 0 Å². The first-order valence-corrected chi connectivity index (χ1v) is 11.7. The van der Waals surface area contributed by atoms with Crippen LogP contribution in [0.15, 0.2) is 41.3 Å². The Hall–Kier alpha value is -3.06. The van der Waals surface area contributed by atoms with Crippen LogP contribution in [0.5, 0.6) is 5.75 Å². The molecule has 7 heteroatoms. The maximum atomic E-state index is 13.7. The number of ether oxygens (including phenoxy) is 1. The number of pyridine rings is 1. The molecule has 0 unspecified atom stereocenters. The molecule has 1 saturated carbocycles. The van der Waals surface area contributed by atoms with Crippen molar-refractivity contribution in [2.45, 2.75) is 57.5 Å². The average Bonchev–Trinajstić information content (AvgIpc) is 2.85. The van der Waals surface area contributed by atoms with Crippen LogP contribution < -0.4 is 10.3 Å². The van der Waals surface area contributed by atoms with E-state index < -0.39 is 0 Å². The summed E-state index contributed by atoms with van der Waals surface area (Å²) in [6, 6.07) is 8.30. The molecule has 1 aliphatic heterocycles. The van der Waals surface area contributed by atoms with Gasteiger partial charge in [0.15, 0.2) is 0 Å². The molecule has 1 aromatic carbocycles. The van der Waals surface area contributed by atoms with E-state index in [0.29, 0.717) is 36.0 Å². The highest BCUT2D eigenvalue weighted by molar-refractivity contribution is 5.67. The summed E-state index contributed by atoms with van der Waals surface area (Å²) in [6.07, 6.45) is 8.56. The van der Waals surface area contributed by atoms with Gasteiger partial charge in [0.05, 0.1) is 24.1 Å². The summed E-state index contributed by atoms with van der Waals surface area (Å²) in [5.74, 6) is 1.55. The minimum atomic E-state index is -0.325. The molecule has 33 heavy (non-hydrogen) atoms. The zero-order chi connectivity index (χ0) is 22.8. The second kappa shape index (κ2) is 9.43. The lowest BCUT2D eigenvalue weighted by Gasteiger charge is -2.29. The highest BCUT2D eigenvalue weighted by Gasteiger charge is 2.24. The fourth-order valence-corrected chi connectivity index (χ4v) is 5.02. The summed E-state index contributed by atoms with van der Waals surface area (Å²) in [5, 5.41) is 0. The van der Waals surface area contributed by atoms with E-state index in [1.54, 1.807) is 13.2 Å². The van der Waals surface area contributed by atoms with E-state index in [-0.39, 0.29) is 11.4 Å². The molecule has 1 N–H and O–H groups in total. The van der Waals surface area contributed by atoms with Crippen molar-refractivity contribution in [3.8, 4) is 17.0 Å². The van der Waals surface area contributed by atoms with Crippen molar-refractivity contribution in [1.82, 2.24) is 19.9 Å². The number of hydrogen-bond donors (Lipinski definition) is 1. The van der Waals surface area contributed by atoms with E-state index in [1.165, 1.54) is 31.4 Å². The Kier molecular flexibility index (Phi) is 6.22. The molecule has 3 aromatic rings. The lowest BCUT2D eigenvalue weighted by atomic mass is 9.88. The maximum Gasteiger partial charge on any atom is 0.255 e. The molecule has 0 spiro atoms. The number of hydrogen-bond acceptors (Lipinski definition) is 5. The number of fused-ring (bicyclic) bond motifs is 1. The van der Waals surface area contributed by atoms with Crippen LogP contribution in [0.25, 0.3) is 11.3 Å². The minimum absolute atomic E-state index is 0.0111. The van der Waals surface area contributed by atoms with Crippen LogP contribution in [0.1, 0.15) is 60.7 Å². The molecule has 2 aliphatic rings. The molecule has 0 radical (unpaired) electrons. The molecular weight excluding hydrogens is 419 g/mol. The third-order valence-electron chi connectivity index (χ3n) is 6.83. The van der Waals surface area contributed by atoms with Gasteiger partial charge in [-0.3, -0.25) is 14.7 Å². The van der Waals surface area contributed by atoms with Gasteiger partial charge in [0, 0.05) is 43.7 Å². The molecule has 0 amide bonds. The molecule has 5 rings (SSSR count). The van der Waals surface area contributed by atoms with Crippen molar-refractivity contribution < 1.29 is 9.13 Å². The number of methoxy groups -OCH3 is 1. The van der Waals surface area contributed by atoms with E-state index in [2.05, 4.69) is 14.9 Å². The van der Waals surface area contributed by atoms with Crippen LogP contribution in [0, 0.1) is 5.82 Å². The van der Waals surface area contributed by atoms with Gasteiger partial charge in [-0.2, -0.15) is 0 Å². The van der Waals surface area contributed by atoms with Crippen LogP contribution >= 0.6 is 0 Å². The highest BCUT2D eigenvalue weighted by Crippen LogP contribution is 2.31. The third kappa shape index (κ3) is 4.69. The van der Waals surface area contributed by atoms with Crippen LogP contribution in [0.2, 0.25) is 0 Å². The number of nitrogens with zero attached hydrogens (tertiary/aromatic N) is 3. The first-order chi connectivity index (χ1) is 16.1. The minimum Gasteiger partial charge on any atom is -0.496 e. The van der Waals surface area contributed by atoms with E-state index in [9.17, 15) is 9.18 Å². The van der Waals surface area contributed by atoms with E-state index in [4.69, 9.17) is 9.72 Å². The Morgan fingerprint density at radius 1 is 1.18 bits per heavy atom. The Morgan fingerprint density at radius 2 is 2.03 bits per heavy atom. The average molecular weight is 449 g/mol. The number of benzene rings is 1. The lowest BCUT2D eigenvalue weighted by Crippen LogP contribution is -2.36. The molecule has 0 saturated heterocycles. The summed E-state index contributed by atoms with van der Waals surface area (Å²) in [5.41, 5.74) is 4.09. The SMILES string of the molecule is COc1ccc(F)cc1-c1ccc(CN2CCc3nc(C4CCCCC4)[nH]c(=O)c3C2)cn1. The molecule has 1 fully saturated rings. The quantitative estimate of drug-likeness (QED) is 0.618. The van der Waals surface area contributed by atoms with Crippen molar-refractivity contribution in [2.24, 2.45) is 0 Å². The first-order valence-electron chi connectivity index (χ1n) is 11.7. The third-order valence-corrected chi connectivity index (χ3v) is 6.83. The van der Waals surface area contributed by atoms with E-state index >= 15 is 0 Å². The van der Waals surface area contributed by atoms with Gasteiger partial charge in [-0.15, -0.1) is 0 Å². The monoisotopic (exact) mass is 448 g/mol. The molecular formula is C26H29FN4O2. The van der Waals surface area contributed by atoms with E-state index in [1.807, 2.05) is 18.3 Å². The van der Waals surface area contributed by atoms with Crippen LogP contribution in [-0.4, -0.2) is 33.5 Å². The van der Waals surface area contributed by atoms with Gasteiger partial charge in [-0.05, 0) is 42.7 Å². The van der Waals surface area contributed by atoms with E-state index in [0.717, 1.165) is 48.5 Å². The first kappa shape index (κ1) is 21.8. The van der Waals surface area contributed by atoms with Gasteiger partial charge in [-0.1, -0.05) is 25.3 Å². The van der Waals surface area contributed by atoms with Gasteiger partial charge in [-0.25, -0.2) is 9.37 Å². The van der Waals surface area contributed by atoms with Gasteiger partial charge in [0.2, 0.25) is 0 Å². The number of nitrogens with one attached hydrogen (secondary N) is 1. The fraction of sp³-hybridized carbons (Fsp3) is 0.423. The topological polar surface area (TPSA) is 71.1 Å². The molecule has 0 bridgehead atoms. The molecule has 172 valence electrons. The highest BCUT2D eigenvalue weighted by atomic mass is 19.1. The Labute approximate surface area is 192 Å². The molecule has 3 heterocycles. The number of aromatic nitrogens is 3. The Bertz CT molecular complexity index is 1190. The number of H-pyrrole nitrogens is 1. The number of aromatic amines is 1. The van der Waals surface area contributed by atoms with Gasteiger partial charge in [0.1, 0.15) is 17.4 Å². The zero-order valence-corrected chi connectivity index (χ0v) is 18.9. The predicted octanol–water partition coefficient (Wildman–Crippen LogP) is 4.59. The van der Waals surface area contributed by atoms with Crippen LogP contribution in [0.4, 0.5) is 4.39 Å². The Balaban J connectivity index is 1.29. The van der Waals surface area contributed by atoms with Crippen molar-refractivity contribution >= 4 is 0 Å². The molecule has 1 aliphatic carbocycles. The summed E-state index contributed by atoms with van der Waals surface area (Å²) in [4.78, 5) is 27.6. The lowest BCUT2D eigenvalue weighted by molar-refractivity contribution is 0.240. The zero-order valence-electron chi connectivity index (χ0n) is 18.9. The van der Waals surface area contributed by atoms with Crippen molar-refractivity contribution in [1.29, 1.82) is 0 Å². The summed E-state index contributed by atoms with van der Waals surface area (Å²) >= 11 is 0. The fourth-order valence-electron chi connectivity index (χ4n) is 5.02. The van der Waals surface area contributed by atoms with Crippen molar-refractivity contribution in [2.75, 3.05) is 13.7 Å². The van der Waals surface area contributed by atoms with Gasteiger partial charge < -0.3 is 9.72 Å². The second-order valence-corrected chi connectivity index (χ2v) is 9.07. The second-order valence-electron chi connectivity index (χ2n) is 9.07. The van der Waals surface area contributed by atoms with Gasteiger partial charge in [0.25, 0.3) is 5.56 Å². The smallest absolute Gasteiger partial charge is 0.255 e. The van der Waals surface area contributed by atoms with Crippen LogP contribution in [-0.2, 0) is 19.5 Å². The van der Waals surface area contributed by atoms with Crippen molar-refractivity contribution in [3.05, 3.63) is 75.3 Å². The standard InChI is InChI=1S/C26H29FN4O2/c1-33-24-10-8-19(27)13-20(24)22-9-7-17(14-28-22)15-31-12-11-23-21(16-31)26(32)30-25(29-23)18-5-3-2-4-6-18/h7-10,13-14,18H,2-6,11-12,15-16H2,1H3,(H,29,30,32). The predicted molar refractivity (Wildman–Crippen MR) is 125 cm³/mol. The Morgan fingerprint density at radius 3 is 2.79 bits per heavy atom. The summed E-state index contributed by atoms with van der Waals surface area (Å²) < 4.78 is 19.1. The summed E-state index contributed by atoms with van der Waals surface area (Å²) in [7, 11) is 1.56. The van der Waals surface area contributed by atoms with Crippen molar-refractivity contribution in [3.63, 3.8) is 0 Å². The number of halogens is 1.